The predicted octanol–water partition coefficient (Wildman–Crippen LogP) is 1.74. The van der Waals surface area contributed by atoms with Crippen LogP contribution in [0.4, 0.5) is 4.79 Å². The SMILES string of the molecule is O=C(O)CN(C(=O)NC1CC=CC1)C1CCCC1. The van der Waals surface area contributed by atoms with Gasteiger partial charge in [-0.2, -0.15) is 0 Å². The monoisotopic (exact) mass is 252 g/mol. The maximum Gasteiger partial charge on any atom is 0.323 e. The third kappa shape index (κ3) is 3.24. The number of urea groups is 1. The first-order chi connectivity index (χ1) is 8.66. The number of carbonyl (C=O) groups is 2. The van der Waals surface area contributed by atoms with Crippen molar-refractivity contribution >= 4 is 12.0 Å². The van der Waals surface area contributed by atoms with Gasteiger partial charge in [0.2, 0.25) is 0 Å². The number of hydrogen-bond donors (Lipinski definition) is 2. The second kappa shape index (κ2) is 5.89. The molecule has 5 heteroatoms. The third-order valence-electron chi connectivity index (χ3n) is 3.67. The van der Waals surface area contributed by atoms with Crippen molar-refractivity contribution in [2.45, 2.75) is 50.6 Å². The Balaban J connectivity index is 1.93. The minimum Gasteiger partial charge on any atom is -0.480 e. The smallest absolute Gasteiger partial charge is 0.323 e. The zero-order valence-electron chi connectivity index (χ0n) is 10.5. The Labute approximate surface area is 107 Å². The van der Waals surface area contributed by atoms with Crippen molar-refractivity contribution in [2.24, 2.45) is 0 Å². The van der Waals surface area contributed by atoms with Crippen LogP contribution in [0.1, 0.15) is 38.5 Å². The van der Waals surface area contributed by atoms with E-state index in [1.165, 1.54) is 4.90 Å². The summed E-state index contributed by atoms with van der Waals surface area (Å²) in [5.41, 5.74) is 0. The molecule has 0 aromatic rings. The Bertz CT molecular complexity index is 340. The van der Waals surface area contributed by atoms with E-state index in [1.807, 2.05) is 12.2 Å². The van der Waals surface area contributed by atoms with E-state index in [2.05, 4.69) is 5.32 Å². The van der Waals surface area contributed by atoms with Gasteiger partial charge in [-0.3, -0.25) is 4.79 Å². The van der Waals surface area contributed by atoms with Crippen molar-refractivity contribution in [1.82, 2.24) is 10.2 Å². The molecular weight excluding hydrogens is 232 g/mol. The number of carbonyl (C=O) groups excluding carboxylic acids is 1. The Morgan fingerprint density at radius 1 is 1.22 bits per heavy atom. The molecule has 0 spiro atoms. The molecule has 2 N–H and O–H groups in total. The lowest BCUT2D eigenvalue weighted by Gasteiger charge is -2.29. The van der Waals surface area contributed by atoms with Crippen molar-refractivity contribution < 1.29 is 14.7 Å². The summed E-state index contributed by atoms with van der Waals surface area (Å²) in [6.45, 7) is -0.198. The molecule has 0 radical (unpaired) electrons. The Kier molecular flexibility index (Phi) is 4.23. The van der Waals surface area contributed by atoms with Crippen molar-refractivity contribution in [2.75, 3.05) is 6.54 Å². The molecular formula is C13H20N2O3. The summed E-state index contributed by atoms with van der Waals surface area (Å²) in [5, 5.41) is 11.8. The lowest BCUT2D eigenvalue weighted by molar-refractivity contribution is -0.138. The maximum absolute atomic E-state index is 12.1. The first-order valence-electron chi connectivity index (χ1n) is 6.60. The highest BCUT2D eigenvalue weighted by atomic mass is 16.4. The van der Waals surface area contributed by atoms with Gasteiger partial charge < -0.3 is 15.3 Å². The molecule has 2 aliphatic rings. The molecule has 0 aromatic carbocycles. The molecule has 0 unspecified atom stereocenters. The minimum absolute atomic E-state index is 0.0930. The summed E-state index contributed by atoms with van der Waals surface area (Å²) in [5.74, 6) is -0.943. The zero-order valence-corrected chi connectivity index (χ0v) is 10.5. The number of amides is 2. The van der Waals surface area contributed by atoms with Crippen LogP contribution in [0.2, 0.25) is 0 Å². The minimum atomic E-state index is -0.943. The Morgan fingerprint density at radius 2 is 1.83 bits per heavy atom. The number of carboxylic acid groups (broad SMARTS) is 1. The molecule has 0 aromatic heterocycles. The summed E-state index contributed by atoms with van der Waals surface area (Å²) in [6, 6.07) is 0.00339. The van der Waals surface area contributed by atoms with Crippen LogP contribution in [-0.2, 0) is 4.79 Å². The van der Waals surface area contributed by atoms with Gasteiger partial charge in [0, 0.05) is 12.1 Å². The van der Waals surface area contributed by atoms with Gasteiger partial charge in [-0.1, -0.05) is 25.0 Å². The van der Waals surface area contributed by atoms with Crippen molar-refractivity contribution in [1.29, 1.82) is 0 Å². The fraction of sp³-hybridized carbons (Fsp3) is 0.692. The highest BCUT2D eigenvalue weighted by molar-refractivity contribution is 5.80. The summed E-state index contributed by atoms with van der Waals surface area (Å²) < 4.78 is 0. The van der Waals surface area contributed by atoms with Gasteiger partial charge in [0.25, 0.3) is 0 Å². The fourth-order valence-corrected chi connectivity index (χ4v) is 2.72. The van der Waals surface area contributed by atoms with Crippen LogP contribution in [-0.4, -0.2) is 40.6 Å². The van der Waals surface area contributed by atoms with E-state index in [4.69, 9.17) is 5.11 Å². The number of hydrogen-bond acceptors (Lipinski definition) is 2. The van der Waals surface area contributed by atoms with Crippen molar-refractivity contribution in [3.63, 3.8) is 0 Å². The van der Waals surface area contributed by atoms with E-state index in [0.717, 1.165) is 38.5 Å². The van der Waals surface area contributed by atoms with Gasteiger partial charge in [-0.15, -0.1) is 0 Å². The topological polar surface area (TPSA) is 69.6 Å². The molecule has 0 aliphatic heterocycles. The number of rotatable bonds is 4. The first-order valence-corrected chi connectivity index (χ1v) is 6.60. The number of carboxylic acids is 1. The van der Waals surface area contributed by atoms with E-state index in [1.54, 1.807) is 0 Å². The molecule has 100 valence electrons. The Morgan fingerprint density at radius 3 is 2.39 bits per heavy atom. The lowest BCUT2D eigenvalue weighted by Crippen LogP contribution is -2.50. The van der Waals surface area contributed by atoms with Crippen LogP contribution in [0.15, 0.2) is 12.2 Å². The van der Waals surface area contributed by atoms with Crippen molar-refractivity contribution in [3.8, 4) is 0 Å². The zero-order chi connectivity index (χ0) is 13.0. The Hall–Kier alpha value is -1.52. The quantitative estimate of drug-likeness (QED) is 0.749. The van der Waals surface area contributed by atoms with Gasteiger partial charge in [0.15, 0.2) is 0 Å². The number of nitrogens with zero attached hydrogens (tertiary/aromatic N) is 1. The summed E-state index contributed by atoms with van der Waals surface area (Å²) in [4.78, 5) is 24.5. The molecule has 5 nitrogen and oxygen atoms in total. The van der Waals surface area contributed by atoms with Gasteiger partial charge in [0.1, 0.15) is 6.54 Å². The van der Waals surface area contributed by atoms with Crippen LogP contribution in [0.5, 0.6) is 0 Å². The highest BCUT2D eigenvalue weighted by Gasteiger charge is 2.29. The third-order valence-corrected chi connectivity index (χ3v) is 3.67. The van der Waals surface area contributed by atoms with E-state index < -0.39 is 5.97 Å². The van der Waals surface area contributed by atoms with Gasteiger partial charge in [-0.25, -0.2) is 4.79 Å². The van der Waals surface area contributed by atoms with Crippen LogP contribution in [0.3, 0.4) is 0 Å². The molecule has 0 saturated heterocycles. The second-order valence-electron chi connectivity index (χ2n) is 5.05. The fourth-order valence-electron chi connectivity index (χ4n) is 2.72. The molecule has 18 heavy (non-hydrogen) atoms. The maximum atomic E-state index is 12.1. The normalized spacial score (nSPS) is 20.2. The van der Waals surface area contributed by atoms with Crippen LogP contribution in [0, 0.1) is 0 Å². The van der Waals surface area contributed by atoms with E-state index in [9.17, 15) is 9.59 Å². The summed E-state index contributed by atoms with van der Waals surface area (Å²) >= 11 is 0. The number of nitrogens with one attached hydrogen (secondary N) is 1. The second-order valence-corrected chi connectivity index (χ2v) is 5.05. The molecule has 0 heterocycles. The predicted molar refractivity (Wildman–Crippen MR) is 67.3 cm³/mol. The molecule has 2 amide bonds. The van der Waals surface area contributed by atoms with Gasteiger partial charge in [-0.05, 0) is 25.7 Å². The average molecular weight is 252 g/mol. The van der Waals surface area contributed by atoms with Crippen LogP contribution >= 0.6 is 0 Å². The number of aliphatic carboxylic acids is 1. The summed E-state index contributed by atoms with van der Waals surface area (Å²) in [6.07, 6.45) is 9.78. The van der Waals surface area contributed by atoms with Crippen molar-refractivity contribution in [3.05, 3.63) is 12.2 Å². The van der Waals surface area contributed by atoms with E-state index >= 15 is 0 Å². The van der Waals surface area contributed by atoms with Gasteiger partial charge in [0.05, 0.1) is 0 Å². The molecule has 2 aliphatic carbocycles. The molecule has 0 atom stereocenters. The lowest BCUT2D eigenvalue weighted by atomic mass is 10.2. The van der Waals surface area contributed by atoms with Crippen LogP contribution < -0.4 is 5.32 Å². The molecule has 0 bridgehead atoms. The summed E-state index contributed by atoms with van der Waals surface area (Å²) in [7, 11) is 0. The first kappa shape index (κ1) is 12.9. The van der Waals surface area contributed by atoms with E-state index in [-0.39, 0.29) is 24.7 Å². The highest BCUT2D eigenvalue weighted by Crippen LogP contribution is 2.23. The van der Waals surface area contributed by atoms with Crippen LogP contribution in [0.25, 0.3) is 0 Å². The van der Waals surface area contributed by atoms with Gasteiger partial charge >= 0.3 is 12.0 Å². The molecule has 1 saturated carbocycles. The van der Waals surface area contributed by atoms with E-state index in [0.29, 0.717) is 0 Å². The standard InChI is InChI=1S/C13H20N2O3/c16-12(17)9-15(11-7-3-4-8-11)13(18)14-10-5-1-2-6-10/h1-2,10-11H,3-9H2,(H,14,18)(H,16,17). The molecule has 2 rings (SSSR count). The average Bonchev–Trinajstić information content (AvgIpc) is 2.97. The largest absolute Gasteiger partial charge is 0.480 e. The molecule has 1 fully saturated rings.